The molecule has 1 rings (SSSR count). The molecule has 1 aromatic carbocycles. The Bertz CT molecular complexity index is 360. The second-order valence-electron chi connectivity index (χ2n) is 4.72. The van der Waals surface area contributed by atoms with Gasteiger partial charge in [-0.05, 0) is 24.5 Å². The highest BCUT2D eigenvalue weighted by molar-refractivity contribution is 5.91. The largest absolute Gasteiger partial charge is 0.326 e. The maximum Gasteiger partial charge on any atom is 0.224 e. The number of hydrogen-bond donors (Lipinski definition) is 1. The zero-order valence-electron chi connectivity index (χ0n) is 11.7. The minimum absolute atomic E-state index is 0.146. The summed E-state index contributed by atoms with van der Waals surface area (Å²) < 4.78 is 0. The van der Waals surface area contributed by atoms with Crippen LogP contribution in [0.3, 0.4) is 0 Å². The van der Waals surface area contributed by atoms with Gasteiger partial charge in [0.25, 0.3) is 0 Å². The van der Waals surface area contributed by atoms with Crippen molar-refractivity contribution in [2.45, 2.75) is 58.8 Å². The van der Waals surface area contributed by atoms with Gasteiger partial charge in [-0.1, -0.05) is 57.7 Å². The highest BCUT2D eigenvalue weighted by atomic mass is 16.1. The second kappa shape index (κ2) is 8.73. The van der Waals surface area contributed by atoms with Crippen LogP contribution in [0.4, 0.5) is 5.69 Å². The quantitative estimate of drug-likeness (QED) is 0.671. The Labute approximate surface area is 111 Å². The molecule has 0 bridgehead atoms. The summed E-state index contributed by atoms with van der Waals surface area (Å²) in [5.41, 5.74) is 2.18. The van der Waals surface area contributed by atoms with E-state index in [1.165, 1.54) is 24.8 Å². The fourth-order valence-electron chi connectivity index (χ4n) is 2.05. The molecular weight excluding hydrogens is 222 g/mol. The average Bonchev–Trinajstić information content (AvgIpc) is 2.39. The topological polar surface area (TPSA) is 29.1 Å². The lowest BCUT2D eigenvalue weighted by Crippen LogP contribution is -2.12. The average molecular weight is 247 g/mol. The first-order chi connectivity index (χ1) is 8.77. The van der Waals surface area contributed by atoms with E-state index in [1.807, 2.05) is 18.2 Å². The van der Waals surface area contributed by atoms with Gasteiger partial charge in [0.05, 0.1) is 0 Å². The highest BCUT2D eigenvalue weighted by Crippen LogP contribution is 2.16. The number of anilines is 1. The number of unbranched alkanes of at least 4 members (excludes halogenated alkanes) is 4. The van der Waals surface area contributed by atoms with Gasteiger partial charge in [0.1, 0.15) is 0 Å². The number of amides is 1. The zero-order valence-corrected chi connectivity index (χ0v) is 11.7. The minimum Gasteiger partial charge on any atom is -0.326 e. The maximum atomic E-state index is 11.8. The van der Waals surface area contributed by atoms with Crippen molar-refractivity contribution in [2.75, 3.05) is 5.32 Å². The SMILES string of the molecule is CCCCCCCC(=O)Nc1ccccc1CC. The van der Waals surface area contributed by atoms with Crippen LogP contribution in [0.2, 0.25) is 0 Å². The molecule has 2 nitrogen and oxygen atoms in total. The summed E-state index contributed by atoms with van der Waals surface area (Å²) >= 11 is 0. The van der Waals surface area contributed by atoms with E-state index in [0.717, 1.165) is 24.9 Å². The first-order valence-electron chi connectivity index (χ1n) is 7.15. The zero-order chi connectivity index (χ0) is 13.2. The Balaban J connectivity index is 2.31. The molecule has 18 heavy (non-hydrogen) atoms. The maximum absolute atomic E-state index is 11.8. The first-order valence-corrected chi connectivity index (χ1v) is 7.15. The summed E-state index contributed by atoms with van der Waals surface area (Å²) in [7, 11) is 0. The number of rotatable bonds is 8. The van der Waals surface area contributed by atoms with Crippen LogP contribution in [0.5, 0.6) is 0 Å². The summed E-state index contributed by atoms with van der Waals surface area (Å²) in [5.74, 6) is 0.146. The van der Waals surface area contributed by atoms with Crippen molar-refractivity contribution in [3.05, 3.63) is 29.8 Å². The molecule has 0 aliphatic rings. The van der Waals surface area contributed by atoms with Crippen LogP contribution in [-0.2, 0) is 11.2 Å². The van der Waals surface area contributed by atoms with Gasteiger partial charge in [-0.15, -0.1) is 0 Å². The van der Waals surface area contributed by atoms with Gasteiger partial charge in [0.2, 0.25) is 5.91 Å². The van der Waals surface area contributed by atoms with Gasteiger partial charge < -0.3 is 5.32 Å². The van der Waals surface area contributed by atoms with Gasteiger partial charge >= 0.3 is 0 Å². The number of hydrogen-bond acceptors (Lipinski definition) is 1. The summed E-state index contributed by atoms with van der Waals surface area (Å²) in [6.07, 6.45) is 7.53. The fourth-order valence-corrected chi connectivity index (χ4v) is 2.05. The van der Waals surface area contributed by atoms with E-state index in [-0.39, 0.29) is 5.91 Å². The Morgan fingerprint density at radius 1 is 1.06 bits per heavy atom. The monoisotopic (exact) mass is 247 g/mol. The molecular formula is C16H25NO. The number of nitrogens with one attached hydrogen (secondary N) is 1. The molecule has 0 aliphatic carbocycles. The predicted octanol–water partition coefficient (Wildman–Crippen LogP) is 4.55. The first kappa shape index (κ1) is 14.7. The summed E-state index contributed by atoms with van der Waals surface area (Å²) in [4.78, 5) is 11.8. The van der Waals surface area contributed by atoms with Crippen molar-refractivity contribution in [1.82, 2.24) is 0 Å². The van der Waals surface area contributed by atoms with Crippen molar-refractivity contribution in [3.8, 4) is 0 Å². The molecule has 2 heteroatoms. The van der Waals surface area contributed by atoms with Gasteiger partial charge in [-0.3, -0.25) is 4.79 Å². The van der Waals surface area contributed by atoms with Crippen molar-refractivity contribution >= 4 is 11.6 Å². The highest BCUT2D eigenvalue weighted by Gasteiger charge is 2.04. The Morgan fingerprint density at radius 3 is 2.50 bits per heavy atom. The number of aryl methyl sites for hydroxylation is 1. The van der Waals surface area contributed by atoms with Gasteiger partial charge in [-0.25, -0.2) is 0 Å². The lowest BCUT2D eigenvalue weighted by molar-refractivity contribution is -0.116. The van der Waals surface area contributed by atoms with Gasteiger partial charge in [0.15, 0.2) is 0 Å². The summed E-state index contributed by atoms with van der Waals surface area (Å²) in [5, 5.41) is 3.01. The molecule has 0 saturated heterocycles. The summed E-state index contributed by atoms with van der Waals surface area (Å²) in [6.45, 7) is 4.31. The number of carbonyl (C=O) groups is 1. The number of carbonyl (C=O) groups excluding carboxylic acids is 1. The molecule has 1 N–H and O–H groups in total. The minimum atomic E-state index is 0.146. The molecule has 0 aliphatic heterocycles. The molecule has 1 amide bonds. The molecule has 0 aromatic heterocycles. The van der Waals surface area contributed by atoms with Crippen LogP contribution >= 0.6 is 0 Å². The Morgan fingerprint density at radius 2 is 1.78 bits per heavy atom. The molecule has 0 unspecified atom stereocenters. The molecule has 1 aromatic rings. The number of para-hydroxylation sites is 1. The molecule has 0 fully saturated rings. The van der Waals surface area contributed by atoms with E-state index in [1.54, 1.807) is 0 Å². The van der Waals surface area contributed by atoms with E-state index < -0.39 is 0 Å². The number of benzene rings is 1. The third-order valence-corrected chi connectivity index (χ3v) is 3.18. The van der Waals surface area contributed by atoms with Crippen LogP contribution < -0.4 is 5.32 Å². The molecule has 0 saturated carbocycles. The van der Waals surface area contributed by atoms with Crippen molar-refractivity contribution in [1.29, 1.82) is 0 Å². The lowest BCUT2D eigenvalue weighted by Gasteiger charge is -2.09. The molecule has 0 heterocycles. The van der Waals surface area contributed by atoms with Crippen molar-refractivity contribution < 1.29 is 4.79 Å². The Kier molecular flexibility index (Phi) is 7.16. The third-order valence-electron chi connectivity index (χ3n) is 3.18. The molecule has 100 valence electrons. The van der Waals surface area contributed by atoms with Gasteiger partial charge in [-0.2, -0.15) is 0 Å². The Hall–Kier alpha value is -1.31. The van der Waals surface area contributed by atoms with E-state index in [4.69, 9.17) is 0 Å². The fraction of sp³-hybridized carbons (Fsp3) is 0.562. The second-order valence-corrected chi connectivity index (χ2v) is 4.72. The van der Waals surface area contributed by atoms with E-state index in [2.05, 4.69) is 25.2 Å². The van der Waals surface area contributed by atoms with Gasteiger partial charge in [0, 0.05) is 12.1 Å². The molecule has 0 spiro atoms. The van der Waals surface area contributed by atoms with Crippen molar-refractivity contribution in [3.63, 3.8) is 0 Å². The third kappa shape index (κ3) is 5.35. The predicted molar refractivity (Wildman–Crippen MR) is 77.8 cm³/mol. The van der Waals surface area contributed by atoms with E-state index in [9.17, 15) is 4.79 Å². The van der Waals surface area contributed by atoms with E-state index >= 15 is 0 Å². The normalized spacial score (nSPS) is 10.3. The lowest BCUT2D eigenvalue weighted by atomic mass is 10.1. The van der Waals surface area contributed by atoms with Crippen LogP contribution in [0.15, 0.2) is 24.3 Å². The smallest absolute Gasteiger partial charge is 0.224 e. The molecule has 0 atom stereocenters. The van der Waals surface area contributed by atoms with Crippen LogP contribution in [0.25, 0.3) is 0 Å². The van der Waals surface area contributed by atoms with Crippen LogP contribution in [-0.4, -0.2) is 5.91 Å². The standard InChI is InChI=1S/C16H25NO/c1-3-5-6-7-8-13-16(18)17-15-12-10-9-11-14(15)4-2/h9-12H,3-8,13H2,1-2H3,(H,17,18). The van der Waals surface area contributed by atoms with Crippen LogP contribution in [0.1, 0.15) is 57.9 Å². The van der Waals surface area contributed by atoms with E-state index in [0.29, 0.717) is 6.42 Å². The molecule has 0 radical (unpaired) electrons. The van der Waals surface area contributed by atoms with Crippen LogP contribution in [0, 0.1) is 0 Å². The van der Waals surface area contributed by atoms with Crippen molar-refractivity contribution in [2.24, 2.45) is 0 Å². The summed E-state index contributed by atoms with van der Waals surface area (Å²) in [6, 6.07) is 8.03.